The minimum Gasteiger partial charge on any atom is -0.490 e. The molecule has 0 unspecified atom stereocenters. The highest BCUT2D eigenvalue weighted by Crippen LogP contribution is 2.48. The van der Waals surface area contributed by atoms with Crippen molar-refractivity contribution in [2.75, 3.05) is 32.8 Å². The van der Waals surface area contributed by atoms with Gasteiger partial charge in [-0.25, -0.2) is 8.78 Å². The summed E-state index contributed by atoms with van der Waals surface area (Å²) < 4.78 is 35.5. The molecule has 2 saturated heterocycles. The Kier molecular flexibility index (Phi) is 6.52. The number of benzene rings is 2. The van der Waals surface area contributed by atoms with Crippen molar-refractivity contribution in [2.24, 2.45) is 10.6 Å². The quantitative estimate of drug-likeness (QED) is 0.509. The number of nitrogens with zero attached hydrogens (tertiary/aromatic N) is 3. The van der Waals surface area contributed by atoms with Gasteiger partial charge in [-0.1, -0.05) is 17.3 Å². The van der Waals surface area contributed by atoms with Gasteiger partial charge in [0, 0.05) is 43.9 Å². The molecule has 6 rings (SSSR count). The van der Waals surface area contributed by atoms with Crippen molar-refractivity contribution < 1.29 is 28.3 Å². The minimum absolute atomic E-state index is 0.265. The molecule has 208 valence electrons. The Balaban J connectivity index is 1.15. The zero-order valence-electron chi connectivity index (χ0n) is 22.5. The summed E-state index contributed by atoms with van der Waals surface area (Å²) in [7, 11) is 0. The highest BCUT2D eigenvalue weighted by Gasteiger charge is 2.51. The number of carboxylic acid groups (broad SMARTS) is 1. The van der Waals surface area contributed by atoms with Crippen molar-refractivity contribution in [3.05, 3.63) is 53.1 Å². The van der Waals surface area contributed by atoms with Crippen LogP contribution in [0.4, 0.5) is 8.78 Å². The summed E-state index contributed by atoms with van der Waals surface area (Å²) in [6.07, 6.45) is 3.90. The first-order chi connectivity index (χ1) is 18.7. The van der Waals surface area contributed by atoms with E-state index in [0.717, 1.165) is 29.8 Å². The molecule has 1 saturated carbocycles. The van der Waals surface area contributed by atoms with E-state index in [1.807, 2.05) is 13.8 Å². The monoisotopic (exact) mass is 539 g/mol. The molecule has 7 nitrogen and oxygen atoms in total. The van der Waals surface area contributed by atoms with Crippen molar-refractivity contribution in [1.29, 1.82) is 0 Å². The summed E-state index contributed by atoms with van der Waals surface area (Å²) in [5.74, 6) is -0.00114. The van der Waals surface area contributed by atoms with E-state index in [9.17, 15) is 14.3 Å². The fourth-order valence-corrected chi connectivity index (χ4v) is 6.19. The van der Waals surface area contributed by atoms with E-state index in [-0.39, 0.29) is 23.0 Å². The molecular formula is C30H35F2N3O4. The zero-order valence-corrected chi connectivity index (χ0v) is 22.5. The number of rotatable bonds is 7. The van der Waals surface area contributed by atoms with Crippen LogP contribution in [0.1, 0.15) is 63.0 Å². The molecule has 3 aliphatic heterocycles. The molecule has 2 aromatic rings. The van der Waals surface area contributed by atoms with Crippen LogP contribution in [-0.4, -0.2) is 65.1 Å². The van der Waals surface area contributed by atoms with Crippen LogP contribution in [-0.2, 0) is 16.2 Å². The van der Waals surface area contributed by atoms with E-state index in [1.165, 1.54) is 12.1 Å². The zero-order chi connectivity index (χ0) is 27.4. The van der Waals surface area contributed by atoms with Crippen molar-refractivity contribution in [2.45, 2.75) is 64.0 Å². The minimum atomic E-state index is -0.740. The number of piperidine rings is 1. The molecule has 3 heterocycles. The fraction of sp³-hybridized carbons (Fsp3) is 0.533. The van der Waals surface area contributed by atoms with Gasteiger partial charge in [-0.2, -0.15) is 0 Å². The third-order valence-corrected chi connectivity index (χ3v) is 8.76. The van der Waals surface area contributed by atoms with Gasteiger partial charge in [-0.15, -0.1) is 0 Å². The van der Waals surface area contributed by atoms with Gasteiger partial charge in [0.1, 0.15) is 11.7 Å². The van der Waals surface area contributed by atoms with Crippen LogP contribution in [0.2, 0.25) is 0 Å². The van der Waals surface area contributed by atoms with E-state index < -0.39 is 11.4 Å². The van der Waals surface area contributed by atoms with Crippen LogP contribution in [0, 0.1) is 17.0 Å². The normalized spacial score (nSPS) is 21.8. The van der Waals surface area contributed by atoms with Gasteiger partial charge in [-0.3, -0.25) is 9.69 Å². The van der Waals surface area contributed by atoms with E-state index in [0.29, 0.717) is 75.6 Å². The van der Waals surface area contributed by atoms with Gasteiger partial charge < -0.3 is 19.6 Å². The van der Waals surface area contributed by atoms with E-state index in [4.69, 9.17) is 9.57 Å². The number of carboxylic acids is 1. The van der Waals surface area contributed by atoms with Crippen LogP contribution in [0.25, 0.3) is 11.1 Å². The molecule has 1 aliphatic carbocycles. The number of aliphatic carboxylic acids is 1. The molecule has 1 N–H and O–H groups in total. The Hall–Kier alpha value is -3.20. The molecule has 2 aromatic carbocycles. The number of likely N-dealkylation sites (tertiary alicyclic amines) is 2. The lowest BCUT2D eigenvalue weighted by Gasteiger charge is -2.46. The lowest BCUT2D eigenvalue weighted by Crippen LogP contribution is -2.61. The molecule has 1 spiro atoms. The van der Waals surface area contributed by atoms with Crippen molar-refractivity contribution >= 4 is 11.8 Å². The largest absolute Gasteiger partial charge is 0.490 e. The molecule has 0 atom stereocenters. The Bertz CT molecular complexity index is 1290. The molecule has 39 heavy (non-hydrogen) atoms. The lowest BCUT2D eigenvalue weighted by molar-refractivity contribution is -0.150. The standard InChI is InChI=1S/C30H35F2N3O4/c1-3-38-27-21(14-23(19-4-5-19)25(26(27)32)20-6-8-22(31)9-7-20)16-34-17-30(18-34)15-24(33-39-30)35-12-10-29(2,11-13-35)28(36)37/h6-9,14,19H,3-5,10-13,15-18H2,1-2H3,(H,36,37). The van der Waals surface area contributed by atoms with E-state index in [2.05, 4.69) is 21.0 Å². The van der Waals surface area contributed by atoms with Gasteiger partial charge in [0.25, 0.3) is 0 Å². The Morgan fingerprint density at radius 3 is 2.49 bits per heavy atom. The van der Waals surface area contributed by atoms with Gasteiger partial charge in [0.15, 0.2) is 17.2 Å². The summed E-state index contributed by atoms with van der Waals surface area (Å²) in [4.78, 5) is 21.9. The van der Waals surface area contributed by atoms with Crippen molar-refractivity contribution in [3.8, 4) is 16.9 Å². The first-order valence-electron chi connectivity index (χ1n) is 13.9. The van der Waals surface area contributed by atoms with Crippen LogP contribution in [0.15, 0.2) is 35.5 Å². The molecule has 3 fully saturated rings. The van der Waals surface area contributed by atoms with Crippen molar-refractivity contribution in [3.63, 3.8) is 0 Å². The Labute approximate surface area is 227 Å². The molecule has 9 heteroatoms. The predicted molar refractivity (Wildman–Crippen MR) is 143 cm³/mol. The van der Waals surface area contributed by atoms with E-state index >= 15 is 4.39 Å². The second kappa shape index (κ2) is 9.77. The summed E-state index contributed by atoms with van der Waals surface area (Å²) in [5, 5.41) is 13.9. The fourth-order valence-electron chi connectivity index (χ4n) is 6.19. The maximum Gasteiger partial charge on any atom is 0.309 e. The highest BCUT2D eigenvalue weighted by molar-refractivity contribution is 5.85. The number of halogens is 2. The molecule has 0 amide bonds. The van der Waals surface area contributed by atoms with Crippen LogP contribution >= 0.6 is 0 Å². The van der Waals surface area contributed by atoms with Crippen LogP contribution in [0.3, 0.4) is 0 Å². The Morgan fingerprint density at radius 2 is 1.87 bits per heavy atom. The first kappa shape index (κ1) is 26.0. The number of carbonyl (C=O) groups is 1. The lowest BCUT2D eigenvalue weighted by atomic mass is 9.80. The number of ether oxygens (including phenoxy) is 1. The third kappa shape index (κ3) is 4.86. The summed E-state index contributed by atoms with van der Waals surface area (Å²) in [6, 6.07) is 8.08. The topological polar surface area (TPSA) is 74.6 Å². The average Bonchev–Trinajstić information content (AvgIpc) is 3.65. The number of hydrogen-bond donors (Lipinski definition) is 1. The SMILES string of the molecule is CCOc1c(CN2CC3(CC(N4CCC(C)(C(=O)O)CC4)=NO3)C2)cc(C2CC2)c(-c2ccc(F)cc2)c1F. The second-order valence-corrected chi connectivity index (χ2v) is 11.8. The predicted octanol–water partition coefficient (Wildman–Crippen LogP) is 5.38. The smallest absolute Gasteiger partial charge is 0.309 e. The van der Waals surface area contributed by atoms with Crippen molar-refractivity contribution in [1.82, 2.24) is 9.80 Å². The van der Waals surface area contributed by atoms with Crippen LogP contribution < -0.4 is 4.74 Å². The Morgan fingerprint density at radius 1 is 1.18 bits per heavy atom. The van der Waals surface area contributed by atoms with Crippen LogP contribution in [0.5, 0.6) is 5.75 Å². The number of hydrogen-bond acceptors (Lipinski definition) is 6. The number of amidine groups is 1. The second-order valence-electron chi connectivity index (χ2n) is 11.8. The third-order valence-electron chi connectivity index (χ3n) is 8.76. The maximum atomic E-state index is 16.1. The summed E-state index contributed by atoms with van der Waals surface area (Å²) >= 11 is 0. The van der Waals surface area contributed by atoms with Gasteiger partial charge in [0.05, 0.1) is 18.4 Å². The number of oxime groups is 1. The van der Waals surface area contributed by atoms with E-state index in [1.54, 1.807) is 12.1 Å². The van der Waals surface area contributed by atoms with Gasteiger partial charge in [-0.05, 0) is 74.8 Å². The average molecular weight is 540 g/mol. The molecule has 4 aliphatic rings. The van der Waals surface area contributed by atoms with Gasteiger partial charge in [0.2, 0.25) is 0 Å². The summed E-state index contributed by atoms with van der Waals surface area (Å²) in [5.41, 5.74) is 1.90. The maximum absolute atomic E-state index is 16.1. The summed E-state index contributed by atoms with van der Waals surface area (Å²) in [6.45, 7) is 7.20. The first-order valence-corrected chi connectivity index (χ1v) is 13.9. The molecule has 0 bridgehead atoms. The highest BCUT2D eigenvalue weighted by atomic mass is 19.1. The van der Waals surface area contributed by atoms with Gasteiger partial charge >= 0.3 is 5.97 Å². The molecule has 0 aromatic heterocycles. The molecule has 0 radical (unpaired) electrons. The molecular weight excluding hydrogens is 504 g/mol.